The Morgan fingerprint density at radius 2 is 2.15 bits per heavy atom. The van der Waals surface area contributed by atoms with Crippen LogP contribution in [-0.2, 0) is 14.3 Å². The molecule has 1 aliphatic heterocycles. The summed E-state index contributed by atoms with van der Waals surface area (Å²) in [6.07, 6.45) is -0.0626. The van der Waals surface area contributed by atoms with E-state index in [1.54, 1.807) is 0 Å². The van der Waals surface area contributed by atoms with Crippen LogP contribution in [0.25, 0.3) is 0 Å². The molecule has 1 saturated heterocycles. The predicted octanol–water partition coefficient (Wildman–Crippen LogP) is -0.797. The molecule has 0 spiro atoms. The van der Waals surface area contributed by atoms with Crippen LogP contribution < -0.4 is 10.6 Å². The molecule has 2 amide bonds. The second-order valence-corrected chi connectivity index (χ2v) is 2.65. The fourth-order valence-electron chi connectivity index (χ4n) is 1.13. The van der Waals surface area contributed by atoms with Crippen molar-refractivity contribution >= 4 is 12.0 Å². The van der Waals surface area contributed by atoms with E-state index in [1.165, 1.54) is 14.2 Å². The highest BCUT2D eigenvalue weighted by molar-refractivity contribution is 5.84. The van der Waals surface area contributed by atoms with Gasteiger partial charge in [0, 0.05) is 13.5 Å². The number of esters is 1. The van der Waals surface area contributed by atoms with Gasteiger partial charge in [0.2, 0.25) is 0 Å². The number of carbonyl (C=O) groups excluding carboxylic acids is 2. The molecule has 0 aliphatic carbocycles. The zero-order chi connectivity index (χ0) is 9.84. The molecular formula is C7H12N2O4. The molecule has 74 valence electrons. The Labute approximate surface area is 75.6 Å². The van der Waals surface area contributed by atoms with Gasteiger partial charge >= 0.3 is 12.0 Å². The van der Waals surface area contributed by atoms with E-state index in [1.807, 2.05) is 0 Å². The van der Waals surface area contributed by atoms with Crippen LogP contribution in [0.2, 0.25) is 0 Å². The molecule has 0 radical (unpaired) electrons. The van der Waals surface area contributed by atoms with E-state index in [2.05, 4.69) is 15.4 Å². The van der Waals surface area contributed by atoms with Gasteiger partial charge in [-0.2, -0.15) is 0 Å². The van der Waals surface area contributed by atoms with Gasteiger partial charge in [0.05, 0.1) is 7.11 Å². The summed E-state index contributed by atoms with van der Waals surface area (Å²) in [5.41, 5.74) is 0. The molecule has 13 heavy (non-hydrogen) atoms. The smallest absolute Gasteiger partial charge is 0.328 e. The van der Waals surface area contributed by atoms with Crippen molar-refractivity contribution in [2.45, 2.75) is 18.7 Å². The normalized spacial score (nSPS) is 27.4. The topological polar surface area (TPSA) is 76.7 Å². The molecule has 2 atom stereocenters. The van der Waals surface area contributed by atoms with Crippen molar-refractivity contribution in [3.05, 3.63) is 0 Å². The van der Waals surface area contributed by atoms with Crippen molar-refractivity contribution in [1.29, 1.82) is 0 Å². The number of methoxy groups -OCH3 is 2. The Balaban J connectivity index is 2.56. The van der Waals surface area contributed by atoms with E-state index in [-0.39, 0.29) is 0 Å². The van der Waals surface area contributed by atoms with Crippen LogP contribution in [0, 0.1) is 0 Å². The summed E-state index contributed by atoms with van der Waals surface area (Å²) in [7, 11) is 2.74. The van der Waals surface area contributed by atoms with Gasteiger partial charge in [-0.15, -0.1) is 0 Å². The van der Waals surface area contributed by atoms with E-state index in [0.29, 0.717) is 6.42 Å². The third-order valence-corrected chi connectivity index (χ3v) is 1.82. The highest BCUT2D eigenvalue weighted by atomic mass is 16.5. The van der Waals surface area contributed by atoms with Crippen molar-refractivity contribution in [2.75, 3.05) is 14.2 Å². The lowest BCUT2D eigenvalue weighted by molar-refractivity contribution is -0.144. The molecule has 6 heteroatoms. The van der Waals surface area contributed by atoms with Crippen LogP contribution in [0.4, 0.5) is 4.79 Å². The summed E-state index contributed by atoms with van der Waals surface area (Å²) in [6, 6.07) is -1.04. The van der Waals surface area contributed by atoms with Crippen molar-refractivity contribution in [1.82, 2.24) is 10.6 Å². The second-order valence-electron chi connectivity index (χ2n) is 2.65. The van der Waals surface area contributed by atoms with Crippen LogP contribution >= 0.6 is 0 Å². The summed E-state index contributed by atoms with van der Waals surface area (Å²) in [5.74, 6) is -0.461. The van der Waals surface area contributed by atoms with Gasteiger partial charge in [0.25, 0.3) is 0 Å². The average molecular weight is 188 g/mol. The van der Waals surface area contributed by atoms with E-state index in [0.717, 1.165) is 0 Å². The number of carbonyl (C=O) groups is 2. The molecule has 0 bridgehead atoms. The van der Waals surface area contributed by atoms with Crippen molar-refractivity contribution < 1.29 is 19.1 Å². The third kappa shape index (κ3) is 2.32. The molecule has 0 aromatic heterocycles. The second kappa shape index (κ2) is 4.08. The zero-order valence-electron chi connectivity index (χ0n) is 7.49. The Hall–Kier alpha value is -1.30. The van der Waals surface area contributed by atoms with Crippen molar-refractivity contribution in [3.8, 4) is 0 Å². The average Bonchev–Trinajstić information content (AvgIpc) is 2.15. The SMILES string of the molecule is COC(=O)[C@@H]1CC(OC)NC(=O)N1. The predicted molar refractivity (Wildman–Crippen MR) is 42.9 cm³/mol. The van der Waals surface area contributed by atoms with Gasteiger partial charge in [-0.1, -0.05) is 0 Å². The van der Waals surface area contributed by atoms with Crippen LogP contribution in [-0.4, -0.2) is 38.5 Å². The lowest BCUT2D eigenvalue weighted by Gasteiger charge is -2.28. The molecule has 0 aromatic carbocycles. The van der Waals surface area contributed by atoms with Gasteiger partial charge in [0.15, 0.2) is 0 Å². The van der Waals surface area contributed by atoms with Gasteiger partial charge in [0.1, 0.15) is 12.3 Å². The molecule has 1 rings (SSSR count). The Kier molecular flexibility index (Phi) is 3.07. The van der Waals surface area contributed by atoms with Gasteiger partial charge < -0.3 is 20.1 Å². The zero-order valence-corrected chi connectivity index (χ0v) is 7.49. The molecule has 1 aliphatic rings. The van der Waals surface area contributed by atoms with Crippen molar-refractivity contribution in [2.24, 2.45) is 0 Å². The Morgan fingerprint density at radius 1 is 1.46 bits per heavy atom. The summed E-state index contributed by atoms with van der Waals surface area (Å²) >= 11 is 0. The van der Waals surface area contributed by atoms with Gasteiger partial charge in [-0.3, -0.25) is 0 Å². The van der Waals surface area contributed by atoms with Crippen LogP contribution in [0.1, 0.15) is 6.42 Å². The van der Waals surface area contributed by atoms with Gasteiger partial charge in [-0.25, -0.2) is 9.59 Å². The number of rotatable bonds is 2. The molecule has 1 unspecified atom stereocenters. The number of urea groups is 1. The van der Waals surface area contributed by atoms with Crippen LogP contribution in [0.3, 0.4) is 0 Å². The van der Waals surface area contributed by atoms with E-state index in [9.17, 15) is 9.59 Å². The molecule has 0 aromatic rings. The summed E-state index contributed by atoms with van der Waals surface area (Å²) in [4.78, 5) is 22.0. The lowest BCUT2D eigenvalue weighted by atomic mass is 10.1. The number of amides is 2. The summed E-state index contributed by atoms with van der Waals surface area (Å²) in [6.45, 7) is 0. The number of hydrogen-bond acceptors (Lipinski definition) is 4. The molecule has 1 heterocycles. The first-order valence-electron chi connectivity index (χ1n) is 3.85. The third-order valence-electron chi connectivity index (χ3n) is 1.82. The molecule has 0 saturated carbocycles. The minimum absolute atomic E-state index is 0.370. The summed E-state index contributed by atoms with van der Waals surface area (Å²) < 4.78 is 9.40. The highest BCUT2D eigenvalue weighted by Crippen LogP contribution is 2.05. The minimum atomic E-state index is -0.622. The first-order chi connectivity index (χ1) is 6.17. The Bertz CT molecular complexity index is 219. The number of ether oxygens (including phenoxy) is 2. The van der Waals surface area contributed by atoms with E-state index in [4.69, 9.17) is 4.74 Å². The van der Waals surface area contributed by atoms with E-state index < -0.39 is 24.3 Å². The maximum atomic E-state index is 11.1. The molecule has 6 nitrogen and oxygen atoms in total. The fraction of sp³-hybridized carbons (Fsp3) is 0.714. The van der Waals surface area contributed by atoms with Gasteiger partial charge in [-0.05, 0) is 0 Å². The first kappa shape index (κ1) is 9.79. The molecule has 2 N–H and O–H groups in total. The number of nitrogens with one attached hydrogen (secondary N) is 2. The highest BCUT2D eigenvalue weighted by Gasteiger charge is 2.30. The lowest BCUT2D eigenvalue weighted by Crippen LogP contribution is -2.57. The summed E-state index contributed by atoms with van der Waals surface area (Å²) in [5, 5.41) is 4.92. The number of hydrogen-bond donors (Lipinski definition) is 2. The largest absolute Gasteiger partial charge is 0.467 e. The van der Waals surface area contributed by atoms with Crippen LogP contribution in [0.15, 0.2) is 0 Å². The standard InChI is InChI=1S/C7H12N2O4/c1-12-5-3-4(6(10)13-2)8-7(11)9-5/h4-5H,3H2,1-2H3,(H2,8,9,11)/t4-,5?/m0/s1. The molecule has 1 fully saturated rings. The van der Waals surface area contributed by atoms with Crippen molar-refractivity contribution in [3.63, 3.8) is 0 Å². The quantitative estimate of drug-likeness (QED) is 0.556. The van der Waals surface area contributed by atoms with Crippen LogP contribution in [0.5, 0.6) is 0 Å². The Morgan fingerprint density at radius 3 is 2.69 bits per heavy atom. The molecular weight excluding hydrogens is 176 g/mol. The van der Waals surface area contributed by atoms with E-state index >= 15 is 0 Å². The maximum absolute atomic E-state index is 11.1. The monoisotopic (exact) mass is 188 g/mol. The minimum Gasteiger partial charge on any atom is -0.467 e. The maximum Gasteiger partial charge on any atom is 0.328 e. The fourth-order valence-corrected chi connectivity index (χ4v) is 1.13. The first-order valence-corrected chi connectivity index (χ1v) is 3.85.